The van der Waals surface area contributed by atoms with Gasteiger partial charge in [0.2, 0.25) is 0 Å². The van der Waals surface area contributed by atoms with Gasteiger partial charge in [-0.05, 0) is 17.9 Å². The van der Waals surface area contributed by atoms with Crippen molar-refractivity contribution >= 4 is 5.97 Å². The fourth-order valence-corrected chi connectivity index (χ4v) is 3.09. The molecule has 0 aliphatic carbocycles. The molecule has 1 fully saturated rings. The van der Waals surface area contributed by atoms with Crippen molar-refractivity contribution in [2.24, 2.45) is 11.8 Å². The van der Waals surface area contributed by atoms with E-state index in [2.05, 4.69) is 36.1 Å². The molecule has 3 nitrogen and oxygen atoms in total. The zero-order chi connectivity index (χ0) is 13.8. The van der Waals surface area contributed by atoms with E-state index in [1.165, 1.54) is 5.56 Å². The smallest absolute Gasteiger partial charge is 0.308 e. The van der Waals surface area contributed by atoms with Crippen LogP contribution in [0.4, 0.5) is 0 Å². The molecule has 1 saturated heterocycles. The third-order valence-corrected chi connectivity index (χ3v) is 4.15. The van der Waals surface area contributed by atoms with Crippen LogP contribution >= 0.6 is 0 Å². The second-order valence-corrected chi connectivity index (χ2v) is 5.59. The van der Waals surface area contributed by atoms with Gasteiger partial charge in [-0.3, -0.25) is 9.69 Å². The molecule has 1 aromatic carbocycles. The molecular weight excluding hydrogens is 238 g/mol. The summed E-state index contributed by atoms with van der Waals surface area (Å²) < 4.78 is 0. The third-order valence-electron chi connectivity index (χ3n) is 4.15. The lowest BCUT2D eigenvalue weighted by atomic mass is 9.99. The third kappa shape index (κ3) is 3.16. The number of benzene rings is 1. The topological polar surface area (TPSA) is 40.5 Å². The number of rotatable bonds is 5. The van der Waals surface area contributed by atoms with Crippen LogP contribution < -0.4 is 0 Å². The van der Waals surface area contributed by atoms with E-state index in [-0.39, 0.29) is 11.8 Å². The van der Waals surface area contributed by atoms with Crippen molar-refractivity contribution in [2.45, 2.75) is 32.7 Å². The molecule has 0 bridgehead atoms. The van der Waals surface area contributed by atoms with E-state index in [0.29, 0.717) is 12.6 Å². The second kappa shape index (κ2) is 6.20. The number of likely N-dealkylation sites (tertiary alicyclic amines) is 1. The lowest BCUT2D eigenvalue weighted by Gasteiger charge is -2.28. The molecule has 0 aromatic heterocycles. The van der Waals surface area contributed by atoms with Crippen LogP contribution in [0.15, 0.2) is 30.3 Å². The summed E-state index contributed by atoms with van der Waals surface area (Å²) in [6, 6.07) is 10.8. The molecule has 1 aromatic rings. The standard InChI is InChI=1S/C16H23NO2/c1-3-7-15(13-8-5-4-6-9-13)17-10-12(2)14(11-17)16(18)19/h4-6,8-9,12,14-15H,3,7,10-11H2,1-2H3,(H,18,19). The van der Waals surface area contributed by atoms with Gasteiger partial charge in [0.25, 0.3) is 0 Å². The SMILES string of the molecule is CCCC(c1ccccc1)N1CC(C)C(C(=O)O)C1. The van der Waals surface area contributed by atoms with E-state index >= 15 is 0 Å². The Morgan fingerprint density at radius 1 is 1.37 bits per heavy atom. The number of carboxylic acids is 1. The summed E-state index contributed by atoms with van der Waals surface area (Å²) in [5, 5.41) is 9.26. The van der Waals surface area contributed by atoms with Gasteiger partial charge in [-0.25, -0.2) is 0 Å². The van der Waals surface area contributed by atoms with Crippen LogP contribution in [0.5, 0.6) is 0 Å². The van der Waals surface area contributed by atoms with Crippen LogP contribution in [0.1, 0.15) is 38.3 Å². The minimum Gasteiger partial charge on any atom is -0.481 e. The van der Waals surface area contributed by atoms with Crippen LogP contribution in [-0.2, 0) is 4.79 Å². The first-order valence-electron chi connectivity index (χ1n) is 7.15. The molecule has 3 heteroatoms. The molecule has 1 N–H and O–H groups in total. The molecule has 3 atom stereocenters. The van der Waals surface area contributed by atoms with Gasteiger partial charge in [0, 0.05) is 19.1 Å². The Morgan fingerprint density at radius 3 is 2.58 bits per heavy atom. The number of hydrogen-bond acceptors (Lipinski definition) is 2. The molecule has 104 valence electrons. The van der Waals surface area contributed by atoms with Crippen molar-refractivity contribution in [1.82, 2.24) is 4.90 Å². The highest BCUT2D eigenvalue weighted by molar-refractivity contribution is 5.71. The van der Waals surface area contributed by atoms with Crippen molar-refractivity contribution in [3.8, 4) is 0 Å². The summed E-state index contributed by atoms with van der Waals surface area (Å²) in [6.07, 6.45) is 2.20. The molecule has 0 saturated carbocycles. The zero-order valence-electron chi connectivity index (χ0n) is 11.7. The summed E-state index contributed by atoms with van der Waals surface area (Å²) >= 11 is 0. The maximum absolute atomic E-state index is 11.2. The lowest BCUT2D eigenvalue weighted by Crippen LogP contribution is -2.28. The number of hydrogen-bond donors (Lipinski definition) is 1. The quantitative estimate of drug-likeness (QED) is 0.885. The first kappa shape index (κ1) is 14.1. The second-order valence-electron chi connectivity index (χ2n) is 5.59. The zero-order valence-corrected chi connectivity index (χ0v) is 11.7. The van der Waals surface area contributed by atoms with Crippen molar-refractivity contribution in [1.29, 1.82) is 0 Å². The average Bonchev–Trinajstić information content (AvgIpc) is 2.79. The number of nitrogens with zero attached hydrogens (tertiary/aromatic N) is 1. The fourth-order valence-electron chi connectivity index (χ4n) is 3.09. The molecule has 0 amide bonds. The molecule has 3 unspecified atom stereocenters. The number of aliphatic carboxylic acids is 1. The van der Waals surface area contributed by atoms with Gasteiger partial charge in [0.1, 0.15) is 0 Å². The highest BCUT2D eigenvalue weighted by Gasteiger charge is 2.37. The first-order valence-corrected chi connectivity index (χ1v) is 7.15. The fraction of sp³-hybridized carbons (Fsp3) is 0.562. The summed E-state index contributed by atoms with van der Waals surface area (Å²) in [5.41, 5.74) is 1.31. The molecule has 1 aliphatic heterocycles. The number of carboxylic acid groups (broad SMARTS) is 1. The van der Waals surface area contributed by atoms with Crippen LogP contribution in [0.25, 0.3) is 0 Å². The van der Waals surface area contributed by atoms with Crippen LogP contribution in [0.2, 0.25) is 0 Å². The predicted octanol–water partition coefficient (Wildman–Crippen LogP) is 3.18. The Morgan fingerprint density at radius 2 is 2.05 bits per heavy atom. The van der Waals surface area contributed by atoms with Crippen molar-refractivity contribution in [3.63, 3.8) is 0 Å². The first-order chi connectivity index (χ1) is 9.13. The van der Waals surface area contributed by atoms with Gasteiger partial charge in [-0.1, -0.05) is 50.6 Å². The maximum atomic E-state index is 11.2. The van der Waals surface area contributed by atoms with Gasteiger partial charge >= 0.3 is 5.97 Å². The molecular formula is C16H23NO2. The molecule has 1 heterocycles. The Balaban J connectivity index is 2.15. The normalized spacial score (nSPS) is 25.4. The van der Waals surface area contributed by atoms with E-state index in [0.717, 1.165) is 19.4 Å². The molecule has 0 spiro atoms. The monoisotopic (exact) mass is 261 g/mol. The van der Waals surface area contributed by atoms with E-state index < -0.39 is 5.97 Å². The predicted molar refractivity (Wildman–Crippen MR) is 76.0 cm³/mol. The van der Waals surface area contributed by atoms with E-state index in [1.807, 2.05) is 13.0 Å². The summed E-state index contributed by atoms with van der Waals surface area (Å²) in [5.74, 6) is -0.637. The molecule has 2 rings (SSSR count). The Hall–Kier alpha value is -1.35. The summed E-state index contributed by atoms with van der Waals surface area (Å²) in [6.45, 7) is 5.80. The highest BCUT2D eigenvalue weighted by atomic mass is 16.4. The number of carbonyl (C=O) groups is 1. The molecule has 19 heavy (non-hydrogen) atoms. The maximum Gasteiger partial charge on any atom is 0.308 e. The largest absolute Gasteiger partial charge is 0.481 e. The van der Waals surface area contributed by atoms with Gasteiger partial charge in [-0.2, -0.15) is 0 Å². The van der Waals surface area contributed by atoms with Gasteiger partial charge in [0.15, 0.2) is 0 Å². The Bertz CT molecular complexity index is 418. The minimum absolute atomic E-state index is 0.219. The Labute approximate surface area is 115 Å². The van der Waals surface area contributed by atoms with E-state index in [1.54, 1.807) is 0 Å². The highest BCUT2D eigenvalue weighted by Crippen LogP contribution is 2.33. The average molecular weight is 261 g/mol. The van der Waals surface area contributed by atoms with E-state index in [9.17, 15) is 9.90 Å². The molecule has 0 radical (unpaired) electrons. The van der Waals surface area contributed by atoms with Crippen LogP contribution in [0, 0.1) is 11.8 Å². The van der Waals surface area contributed by atoms with Crippen molar-refractivity contribution < 1.29 is 9.90 Å². The van der Waals surface area contributed by atoms with Crippen LogP contribution in [-0.4, -0.2) is 29.1 Å². The van der Waals surface area contributed by atoms with Gasteiger partial charge in [-0.15, -0.1) is 0 Å². The summed E-state index contributed by atoms with van der Waals surface area (Å²) in [7, 11) is 0. The van der Waals surface area contributed by atoms with Crippen molar-refractivity contribution in [3.05, 3.63) is 35.9 Å². The van der Waals surface area contributed by atoms with Gasteiger partial charge < -0.3 is 5.11 Å². The van der Waals surface area contributed by atoms with Crippen molar-refractivity contribution in [2.75, 3.05) is 13.1 Å². The molecule has 1 aliphatic rings. The lowest BCUT2D eigenvalue weighted by molar-refractivity contribution is -0.142. The summed E-state index contributed by atoms with van der Waals surface area (Å²) in [4.78, 5) is 13.6. The minimum atomic E-state index is -0.654. The van der Waals surface area contributed by atoms with Crippen LogP contribution in [0.3, 0.4) is 0 Å². The van der Waals surface area contributed by atoms with E-state index in [4.69, 9.17) is 0 Å². The van der Waals surface area contributed by atoms with Gasteiger partial charge in [0.05, 0.1) is 5.92 Å². The Kier molecular flexibility index (Phi) is 4.59.